The Kier molecular flexibility index (Phi) is 2.81. The zero-order valence-electron chi connectivity index (χ0n) is 8.81. The van der Waals surface area contributed by atoms with Crippen LogP contribution in [0, 0.1) is 0 Å². The lowest BCUT2D eigenvalue weighted by Gasteiger charge is -2.04. The van der Waals surface area contributed by atoms with Gasteiger partial charge in [0.15, 0.2) is 0 Å². The van der Waals surface area contributed by atoms with Crippen molar-refractivity contribution in [3.05, 3.63) is 30.1 Å². The molecule has 0 bridgehead atoms. The maximum absolute atomic E-state index is 10.4. The molecule has 0 saturated heterocycles. The van der Waals surface area contributed by atoms with E-state index in [2.05, 4.69) is 16.5 Å². The standard InChI is InChI=1S/C12H14N2O/c1-2-12-13-10-6-3-4-7-11(10)14(12)8-5-9-15/h3-4,6-7,9H,2,5,8H2,1H3. The summed E-state index contributed by atoms with van der Waals surface area (Å²) in [6, 6.07) is 8.04. The molecule has 1 heterocycles. The van der Waals surface area contributed by atoms with Gasteiger partial charge in [-0.2, -0.15) is 0 Å². The molecule has 0 atom stereocenters. The van der Waals surface area contributed by atoms with Gasteiger partial charge < -0.3 is 9.36 Å². The molecule has 0 aliphatic rings. The van der Waals surface area contributed by atoms with Gasteiger partial charge in [0.05, 0.1) is 11.0 Å². The summed E-state index contributed by atoms with van der Waals surface area (Å²) in [6.07, 6.45) is 2.40. The summed E-state index contributed by atoms with van der Waals surface area (Å²) in [4.78, 5) is 14.9. The monoisotopic (exact) mass is 202 g/mol. The lowest BCUT2D eigenvalue weighted by atomic mass is 10.3. The third-order valence-electron chi connectivity index (χ3n) is 2.52. The number of hydrogen-bond acceptors (Lipinski definition) is 2. The Labute approximate surface area is 88.7 Å². The van der Waals surface area contributed by atoms with Crippen molar-refractivity contribution < 1.29 is 4.79 Å². The van der Waals surface area contributed by atoms with Crippen molar-refractivity contribution in [1.29, 1.82) is 0 Å². The Morgan fingerprint density at radius 2 is 2.20 bits per heavy atom. The number of benzene rings is 1. The molecule has 0 amide bonds. The number of imidazole rings is 1. The second kappa shape index (κ2) is 4.26. The average Bonchev–Trinajstić information content (AvgIpc) is 2.64. The summed E-state index contributed by atoms with van der Waals surface area (Å²) in [5, 5.41) is 0. The zero-order valence-corrected chi connectivity index (χ0v) is 8.81. The highest BCUT2D eigenvalue weighted by Crippen LogP contribution is 2.16. The molecule has 2 rings (SSSR count). The molecular weight excluding hydrogens is 188 g/mol. The molecule has 0 spiro atoms. The van der Waals surface area contributed by atoms with Crippen molar-refractivity contribution in [1.82, 2.24) is 9.55 Å². The predicted molar refractivity (Wildman–Crippen MR) is 59.8 cm³/mol. The van der Waals surface area contributed by atoms with Crippen LogP contribution < -0.4 is 0 Å². The number of aryl methyl sites for hydroxylation is 2. The summed E-state index contributed by atoms with van der Waals surface area (Å²) in [7, 11) is 0. The Bertz CT molecular complexity index is 473. The quantitative estimate of drug-likeness (QED) is 0.712. The number of carbonyl (C=O) groups excluding carboxylic acids is 1. The molecule has 0 unspecified atom stereocenters. The molecule has 0 aliphatic heterocycles. The average molecular weight is 202 g/mol. The van der Waals surface area contributed by atoms with E-state index < -0.39 is 0 Å². The third-order valence-corrected chi connectivity index (χ3v) is 2.52. The van der Waals surface area contributed by atoms with Gasteiger partial charge in [0.25, 0.3) is 0 Å². The van der Waals surface area contributed by atoms with Crippen LogP contribution in [0.25, 0.3) is 11.0 Å². The van der Waals surface area contributed by atoms with Gasteiger partial charge in [-0.15, -0.1) is 0 Å². The number of aldehydes is 1. The van der Waals surface area contributed by atoms with Crippen LogP contribution in [0.15, 0.2) is 24.3 Å². The van der Waals surface area contributed by atoms with Crippen LogP contribution in [-0.4, -0.2) is 15.8 Å². The minimum atomic E-state index is 0.549. The van der Waals surface area contributed by atoms with Gasteiger partial charge in [-0.1, -0.05) is 19.1 Å². The van der Waals surface area contributed by atoms with E-state index in [-0.39, 0.29) is 0 Å². The molecule has 2 aromatic rings. The molecule has 3 nitrogen and oxygen atoms in total. The number of nitrogens with zero attached hydrogens (tertiary/aromatic N) is 2. The molecule has 15 heavy (non-hydrogen) atoms. The smallest absolute Gasteiger partial charge is 0.121 e. The van der Waals surface area contributed by atoms with Crippen LogP contribution in [0.2, 0.25) is 0 Å². The summed E-state index contributed by atoms with van der Waals surface area (Å²) in [5.41, 5.74) is 2.14. The van der Waals surface area contributed by atoms with Crippen LogP contribution in [0.5, 0.6) is 0 Å². The fourth-order valence-electron chi connectivity index (χ4n) is 1.83. The molecular formula is C12H14N2O. The van der Waals surface area contributed by atoms with Gasteiger partial charge in [-0.05, 0) is 12.1 Å². The second-order valence-electron chi connectivity index (χ2n) is 3.48. The molecule has 3 heteroatoms. The minimum absolute atomic E-state index is 0.549. The Balaban J connectivity index is 2.51. The van der Waals surface area contributed by atoms with E-state index in [0.29, 0.717) is 6.42 Å². The summed E-state index contributed by atoms with van der Waals surface area (Å²) >= 11 is 0. The van der Waals surface area contributed by atoms with Crippen LogP contribution >= 0.6 is 0 Å². The number of fused-ring (bicyclic) bond motifs is 1. The van der Waals surface area contributed by atoms with E-state index >= 15 is 0 Å². The molecule has 78 valence electrons. The highest BCUT2D eigenvalue weighted by molar-refractivity contribution is 5.76. The van der Waals surface area contributed by atoms with Crippen molar-refractivity contribution in [3.8, 4) is 0 Å². The molecule has 0 N–H and O–H groups in total. The largest absolute Gasteiger partial charge is 0.328 e. The van der Waals surface area contributed by atoms with Crippen molar-refractivity contribution in [2.45, 2.75) is 26.3 Å². The molecule has 1 aromatic heterocycles. The number of rotatable bonds is 4. The minimum Gasteiger partial charge on any atom is -0.328 e. The predicted octanol–water partition coefficient (Wildman–Crippen LogP) is 2.19. The fourth-order valence-corrected chi connectivity index (χ4v) is 1.83. The molecule has 0 aliphatic carbocycles. The van der Waals surface area contributed by atoms with Gasteiger partial charge >= 0.3 is 0 Å². The molecule has 0 radical (unpaired) electrons. The number of carbonyl (C=O) groups is 1. The van der Waals surface area contributed by atoms with Crippen LogP contribution in [0.1, 0.15) is 19.2 Å². The highest BCUT2D eigenvalue weighted by atomic mass is 16.1. The van der Waals surface area contributed by atoms with E-state index in [1.54, 1.807) is 0 Å². The first kappa shape index (κ1) is 9.90. The molecule has 0 saturated carbocycles. The van der Waals surface area contributed by atoms with Crippen LogP contribution in [0.4, 0.5) is 0 Å². The van der Waals surface area contributed by atoms with Crippen LogP contribution in [0.3, 0.4) is 0 Å². The fraction of sp³-hybridized carbons (Fsp3) is 0.333. The van der Waals surface area contributed by atoms with Crippen molar-refractivity contribution in [2.75, 3.05) is 0 Å². The Hall–Kier alpha value is -1.64. The molecule has 0 fully saturated rings. The van der Waals surface area contributed by atoms with Crippen molar-refractivity contribution in [3.63, 3.8) is 0 Å². The first-order chi connectivity index (χ1) is 7.36. The maximum Gasteiger partial charge on any atom is 0.121 e. The number of para-hydroxylation sites is 2. The van der Waals surface area contributed by atoms with E-state index in [4.69, 9.17) is 0 Å². The van der Waals surface area contributed by atoms with Crippen molar-refractivity contribution >= 4 is 17.3 Å². The SMILES string of the molecule is CCc1nc2ccccc2n1CCC=O. The highest BCUT2D eigenvalue weighted by Gasteiger charge is 2.07. The van der Waals surface area contributed by atoms with Crippen molar-refractivity contribution in [2.24, 2.45) is 0 Å². The van der Waals surface area contributed by atoms with E-state index in [1.807, 2.05) is 24.3 Å². The normalized spacial score (nSPS) is 10.7. The van der Waals surface area contributed by atoms with Gasteiger partial charge in [0.2, 0.25) is 0 Å². The topological polar surface area (TPSA) is 34.9 Å². The van der Waals surface area contributed by atoms with E-state index in [9.17, 15) is 4.79 Å². The second-order valence-corrected chi connectivity index (χ2v) is 3.48. The van der Waals surface area contributed by atoms with Gasteiger partial charge in [0.1, 0.15) is 12.1 Å². The van der Waals surface area contributed by atoms with Gasteiger partial charge in [-0.3, -0.25) is 0 Å². The summed E-state index contributed by atoms with van der Waals surface area (Å²) < 4.78 is 2.13. The van der Waals surface area contributed by atoms with Gasteiger partial charge in [-0.25, -0.2) is 4.98 Å². The first-order valence-electron chi connectivity index (χ1n) is 5.24. The first-order valence-corrected chi connectivity index (χ1v) is 5.24. The lowest BCUT2D eigenvalue weighted by molar-refractivity contribution is -0.108. The lowest BCUT2D eigenvalue weighted by Crippen LogP contribution is -2.03. The Morgan fingerprint density at radius 1 is 1.40 bits per heavy atom. The summed E-state index contributed by atoms with van der Waals surface area (Å²) in [5.74, 6) is 1.05. The van der Waals surface area contributed by atoms with Crippen LogP contribution in [-0.2, 0) is 17.8 Å². The van der Waals surface area contributed by atoms with Gasteiger partial charge in [0, 0.05) is 19.4 Å². The van der Waals surface area contributed by atoms with E-state index in [0.717, 1.165) is 36.1 Å². The maximum atomic E-state index is 10.4. The number of hydrogen-bond donors (Lipinski definition) is 0. The Morgan fingerprint density at radius 3 is 2.93 bits per heavy atom. The third kappa shape index (κ3) is 1.77. The summed E-state index contributed by atoms with van der Waals surface area (Å²) in [6.45, 7) is 2.81. The number of aromatic nitrogens is 2. The molecule has 1 aromatic carbocycles. The van der Waals surface area contributed by atoms with E-state index in [1.165, 1.54) is 0 Å². The zero-order chi connectivity index (χ0) is 10.7.